The van der Waals surface area contributed by atoms with Gasteiger partial charge < -0.3 is 10.2 Å². The summed E-state index contributed by atoms with van der Waals surface area (Å²) in [5.74, 6) is -2.06. The van der Waals surface area contributed by atoms with E-state index in [0.717, 1.165) is 26.2 Å². The average molecular weight is 466 g/mol. The number of carboxylic acid groups (broad SMARTS) is 1. The van der Waals surface area contributed by atoms with Gasteiger partial charge in [-0.1, -0.05) is 66.2 Å². The molecule has 0 unspecified atom stereocenters. The van der Waals surface area contributed by atoms with Gasteiger partial charge in [-0.05, 0) is 48.2 Å². The molecule has 1 saturated heterocycles. The van der Waals surface area contributed by atoms with E-state index in [1.807, 2.05) is 49.4 Å². The minimum atomic E-state index is -4.18. The highest BCUT2D eigenvalue weighted by atomic mass is 32.2. The SMILES string of the molecule is C=CC[C@@H](O)[C@@H]1C[C@@H](c2cccc3ccccc23)N(S(=O)(=O)c2ccc(C)cc2)[C@H]1C(=O)O. The van der Waals surface area contributed by atoms with Gasteiger partial charge in [-0.2, -0.15) is 4.31 Å². The lowest BCUT2D eigenvalue weighted by atomic mass is 9.89. The standard InChI is InChI=1S/C26H27NO5S/c1-3-7-24(28)22-16-23(21-11-6-9-18-8-4-5-10-20(18)21)27(25(22)26(29)30)33(31,32)19-14-12-17(2)13-15-19/h3-6,8-15,22-25,28H,1,7,16H2,2H3,(H,29,30)/t22-,23-,24+,25+/m0/s1. The van der Waals surface area contributed by atoms with Crippen molar-refractivity contribution in [2.75, 3.05) is 0 Å². The van der Waals surface area contributed by atoms with Gasteiger partial charge in [0, 0.05) is 5.92 Å². The topological polar surface area (TPSA) is 94.9 Å². The quantitative estimate of drug-likeness (QED) is 0.508. The molecule has 0 radical (unpaired) electrons. The Kier molecular flexibility index (Phi) is 6.38. The fourth-order valence-electron chi connectivity index (χ4n) is 4.83. The lowest BCUT2D eigenvalue weighted by Gasteiger charge is -2.29. The first kappa shape index (κ1) is 23.2. The van der Waals surface area contributed by atoms with Crippen molar-refractivity contribution in [1.82, 2.24) is 4.31 Å². The van der Waals surface area contributed by atoms with E-state index in [1.54, 1.807) is 12.1 Å². The van der Waals surface area contributed by atoms with Gasteiger partial charge in [0.1, 0.15) is 6.04 Å². The van der Waals surface area contributed by atoms with E-state index in [-0.39, 0.29) is 17.7 Å². The zero-order chi connectivity index (χ0) is 23.8. The molecule has 0 aromatic heterocycles. The Balaban J connectivity index is 1.93. The molecule has 1 fully saturated rings. The molecule has 1 aliphatic rings. The van der Waals surface area contributed by atoms with Crippen molar-refractivity contribution < 1.29 is 23.4 Å². The first-order valence-corrected chi connectivity index (χ1v) is 12.3. The van der Waals surface area contributed by atoms with Gasteiger partial charge in [0.25, 0.3) is 0 Å². The second-order valence-electron chi connectivity index (χ2n) is 8.51. The monoisotopic (exact) mass is 465 g/mol. The Morgan fingerprint density at radius 1 is 1.12 bits per heavy atom. The smallest absolute Gasteiger partial charge is 0.322 e. The van der Waals surface area contributed by atoms with Crippen molar-refractivity contribution in [2.24, 2.45) is 5.92 Å². The predicted octanol–water partition coefficient (Wildman–Crippen LogP) is 4.29. The van der Waals surface area contributed by atoms with E-state index >= 15 is 0 Å². The molecule has 0 bridgehead atoms. The summed E-state index contributed by atoms with van der Waals surface area (Å²) < 4.78 is 28.8. The maximum Gasteiger partial charge on any atom is 0.322 e. The number of carboxylic acids is 1. The molecule has 0 aliphatic carbocycles. The number of aryl methyl sites for hydroxylation is 1. The summed E-state index contributed by atoms with van der Waals surface area (Å²) in [6.45, 7) is 5.50. The highest BCUT2D eigenvalue weighted by Gasteiger charge is 2.53. The number of benzene rings is 3. The average Bonchev–Trinajstić information content (AvgIpc) is 3.21. The van der Waals surface area contributed by atoms with Crippen LogP contribution >= 0.6 is 0 Å². The maximum absolute atomic E-state index is 13.9. The van der Waals surface area contributed by atoms with Gasteiger partial charge in [0.05, 0.1) is 17.0 Å². The van der Waals surface area contributed by atoms with Crippen molar-refractivity contribution in [3.8, 4) is 0 Å². The summed E-state index contributed by atoms with van der Waals surface area (Å²) in [6.07, 6.45) is 0.854. The van der Waals surface area contributed by atoms with Crippen LogP contribution in [-0.4, -0.2) is 41.1 Å². The number of fused-ring (bicyclic) bond motifs is 1. The molecule has 3 aromatic carbocycles. The first-order chi connectivity index (χ1) is 15.8. The zero-order valence-corrected chi connectivity index (χ0v) is 19.2. The number of sulfonamides is 1. The van der Waals surface area contributed by atoms with Gasteiger partial charge in [0.2, 0.25) is 10.0 Å². The van der Waals surface area contributed by atoms with Gasteiger partial charge in [-0.3, -0.25) is 4.79 Å². The van der Waals surface area contributed by atoms with Crippen LogP contribution in [0, 0.1) is 12.8 Å². The molecule has 1 aliphatic heterocycles. The number of hydrogen-bond acceptors (Lipinski definition) is 4. The molecule has 172 valence electrons. The van der Waals surface area contributed by atoms with Gasteiger partial charge in [0.15, 0.2) is 0 Å². The summed E-state index contributed by atoms with van der Waals surface area (Å²) in [7, 11) is -4.18. The van der Waals surface area contributed by atoms with Crippen molar-refractivity contribution >= 4 is 26.8 Å². The Morgan fingerprint density at radius 2 is 1.79 bits per heavy atom. The van der Waals surface area contributed by atoms with Gasteiger partial charge in [-0.25, -0.2) is 8.42 Å². The van der Waals surface area contributed by atoms with Gasteiger partial charge >= 0.3 is 5.97 Å². The summed E-state index contributed by atoms with van der Waals surface area (Å²) >= 11 is 0. The molecule has 0 amide bonds. The molecule has 0 spiro atoms. The third-order valence-corrected chi connectivity index (χ3v) is 8.32. The van der Waals surface area contributed by atoms with Crippen LogP contribution in [0.15, 0.2) is 84.3 Å². The number of aliphatic hydroxyl groups is 1. The molecule has 3 aromatic rings. The third-order valence-electron chi connectivity index (χ3n) is 6.42. The summed E-state index contributed by atoms with van der Waals surface area (Å²) in [4.78, 5) is 12.5. The van der Waals surface area contributed by atoms with Crippen molar-refractivity contribution in [1.29, 1.82) is 0 Å². The van der Waals surface area contributed by atoms with Crippen LogP contribution in [0.1, 0.15) is 30.0 Å². The fraction of sp³-hybridized carbons (Fsp3) is 0.269. The van der Waals surface area contributed by atoms with E-state index in [2.05, 4.69) is 6.58 Å². The number of hydrogen-bond donors (Lipinski definition) is 2. The van der Waals surface area contributed by atoms with Crippen LogP contribution in [0.25, 0.3) is 10.8 Å². The third kappa shape index (κ3) is 4.19. The molecule has 1 heterocycles. The summed E-state index contributed by atoms with van der Waals surface area (Å²) in [5.41, 5.74) is 1.62. The second-order valence-corrected chi connectivity index (χ2v) is 10.3. The predicted molar refractivity (Wildman–Crippen MR) is 127 cm³/mol. The van der Waals surface area contributed by atoms with E-state index in [0.29, 0.717) is 0 Å². The Hall–Kier alpha value is -3.00. The summed E-state index contributed by atoms with van der Waals surface area (Å²) in [6, 6.07) is 17.5. The first-order valence-electron chi connectivity index (χ1n) is 10.9. The zero-order valence-electron chi connectivity index (χ0n) is 18.3. The van der Waals surface area contributed by atoms with Crippen LogP contribution in [-0.2, 0) is 14.8 Å². The molecule has 2 N–H and O–H groups in total. The number of aliphatic hydroxyl groups excluding tert-OH is 1. The van der Waals surface area contributed by atoms with Gasteiger partial charge in [-0.15, -0.1) is 6.58 Å². The molecule has 7 heteroatoms. The fourth-order valence-corrected chi connectivity index (χ4v) is 6.64. The van der Waals surface area contributed by atoms with E-state index < -0.39 is 40.1 Å². The minimum Gasteiger partial charge on any atom is -0.480 e. The van der Waals surface area contributed by atoms with E-state index in [4.69, 9.17) is 0 Å². The lowest BCUT2D eigenvalue weighted by molar-refractivity contribution is -0.143. The minimum absolute atomic E-state index is 0.0310. The number of rotatable bonds is 7. The molecule has 4 rings (SSSR count). The molecular weight excluding hydrogens is 438 g/mol. The molecular formula is C26H27NO5S. The molecule has 6 nitrogen and oxygen atoms in total. The molecule has 4 atom stereocenters. The summed E-state index contributed by atoms with van der Waals surface area (Å²) in [5, 5.41) is 22.7. The lowest BCUT2D eigenvalue weighted by Crippen LogP contribution is -2.46. The van der Waals surface area contributed by atoms with Crippen LogP contribution in [0.2, 0.25) is 0 Å². The normalized spacial score (nSPS) is 22.3. The van der Waals surface area contributed by atoms with Crippen molar-refractivity contribution in [3.05, 3.63) is 90.5 Å². The second kappa shape index (κ2) is 9.09. The van der Waals surface area contributed by atoms with Crippen molar-refractivity contribution in [2.45, 2.75) is 42.8 Å². The highest BCUT2D eigenvalue weighted by molar-refractivity contribution is 7.89. The number of aliphatic carboxylic acids is 1. The van der Waals surface area contributed by atoms with Crippen LogP contribution in [0.3, 0.4) is 0 Å². The Bertz CT molecular complexity index is 1280. The van der Waals surface area contributed by atoms with E-state index in [1.165, 1.54) is 18.2 Å². The highest BCUT2D eigenvalue weighted by Crippen LogP contribution is 2.47. The van der Waals surface area contributed by atoms with Crippen LogP contribution < -0.4 is 0 Å². The number of nitrogens with zero attached hydrogens (tertiary/aromatic N) is 1. The van der Waals surface area contributed by atoms with E-state index in [9.17, 15) is 23.4 Å². The van der Waals surface area contributed by atoms with Crippen LogP contribution in [0.4, 0.5) is 0 Å². The molecule has 0 saturated carbocycles. The Morgan fingerprint density at radius 3 is 2.45 bits per heavy atom. The van der Waals surface area contributed by atoms with Crippen LogP contribution in [0.5, 0.6) is 0 Å². The largest absolute Gasteiger partial charge is 0.480 e. The maximum atomic E-state index is 13.9. The number of carbonyl (C=O) groups is 1. The molecule has 33 heavy (non-hydrogen) atoms. The van der Waals surface area contributed by atoms with Crippen molar-refractivity contribution in [3.63, 3.8) is 0 Å². The Labute approximate surface area is 193 Å².